The van der Waals surface area contributed by atoms with Gasteiger partial charge in [0, 0.05) is 62.9 Å². The molecule has 0 aliphatic carbocycles. The summed E-state index contributed by atoms with van der Waals surface area (Å²) in [5, 5.41) is 3.55. The summed E-state index contributed by atoms with van der Waals surface area (Å²) in [4.78, 5) is 44.5. The molecule has 1 N–H and O–H groups in total. The molecular formula is C29H43ClN4O5. The third-order valence-electron chi connectivity index (χ3n) is 8.37. The van der Waals surface area contributed by atoms with Crippen LogP contribution in [0.15, 0.2) is 24.3 Å². The summed E-state index contributed by atoms with van der Waals surface area (Å²) in [6, 6.07) is 7.98. The predicted molar refractivity (Wildman–Crippen MR) is 151 cm³/mol. The van der Waals surface area contributed by atoms with Crippen molar-refractivity contribution < 1.29 is 23.9 Å². The summed E-state index contributed by atoms with van der Waals surface area (Å²) in [5.74, 6) is -0.119. The number of ether oxygens (including phenoxy) is 2. The number of alkyl carbamates (subject to hydrolysis) is 1. The van der Waals surface area contributed by atoms with Gasteiger partial charge in [0.1, 0.15) is 11.7 Å². The standard InChI is InChI=1S/C29H43ClN4O5/c1-5-29(21-35,31-26(37)39-27(2,3)4)34-13-10-28(11-14-34)20-24(38-25(28)36)9-12-32-15-17-33(18-16-32)23-8-6-7-22(30)19-23/h6-8,19,21,24H,5,9-18,20H2,1-4H3,(H,31,37)/t24?,29-/m1/s1. The Morgan fingerprint density at radius 3 is 2.46 bits per heavy atom. The van der Waals surface area contributed by atoms with Gasteiger partial charge in [0.25, 0.3) is 0 Å². The zero-order valence-corrected chi connectivity index (χ0v) is 24.5. The Hall–Kier alpha value is -2.36. The minimum Gasteiger partial charge on any atom is -0.462 e. The fraction of sp³-hybridized carbons (Fsp3) is 0.690. The maximum atomic E-state index is 13.0. The van der Waals surface area contributed by atoms with Crippen molar-refractivity contribution in [2.75, 3.05) is 50.7 Å². The third-order valence-corrected chi connectivity index (χ3v) is 8.61. The van der Waals surface area contributed by atoms with Gasteiger partial charge in [0.15, 0.2) is 11.9 Å². The molecule has 10 heteroatoms. The third kappa shape index (κ3) is 7.05. The predicted octanol–water partition coefficient (Wildman–Crippen LogP) is 4.08. The number of hydrogen-bond acceptors (Lipinski definition) is 8. The molecule has 3 heterocycles. The Balaban J connectivity index is 1.26. The van der Waals surface area contributed by atoms with E-state index in [1.54, 1.807) is 20.8 Å². The second-order valence-corrected chi connectivity index (χ2v) is 12.6. The maximum Gasteiger partial charge on any atom is 0.409 e. The zero-order chi connectivity index (χ0) is 28.3. The highest BCUT2D eigenvalue weighted by atomic mass is 35.5. The van der Waals surface area contributed by atoms with Crippen LogP contribution in [0.1, 0.15) is 59.8 Å². The summed E-state index contributed by atoms with van der Waals surface area (Å²) in [6.07, 6.45) is 3.22. The van der Waals surface area contributed by atoms with Gasteiger partial charge in [-0.3, -0.25) is 24.7 Å². The molecule has 1 amide bonds. The molecule has 216 valence electrons. The van der Waals surface area contributed by atoms with Gasteiger partial charge in [-0.1, -0.05) is 24.6 Å². The summed E-state index contributed by atoms with van der Waals surface area (Å²) >= 11 is 6.16. The van der Waals surface area contributed by atoms with E-state index in [4.69, 9.17) is 21.1 Å². The van der Waals surface area contributed by atoms with Crippen LogP contribution in [0.3, 0.4) is 0 Å². The Morgan fingerprint density at radius 2 is 1.87 bits per heavy atom. The lowest BCUT2D eigenvalue weighted by molar-refractivity contribution is -0.152. The Morgan fingerprint density at radius 1 is 1.18 bits per heavy atom. The molecule has 1 spiro atoms. The number of carbonyl (C=O) groups is 3. The largest absolute Gasteiger partial charge is 0.462 e. The molecule has 2 atom stereocenters. The number of piperidine rings is 1. The molecule has 3 aliphatic rings. The highest BCUT2D eigenvalue weighted by Crippen LogP contribution is 2.45. The number of hydrogen-bond donors (Lipinski definition) is 1. The van der Waals surface area contributed by atoms with E-state index in [0.717, 1.165) is 56.1 Å². The van der Waals surface area contributed by atoms with E-state index in [2.05, 4.69) is 21.2 Å². The molecule has 0 aromatic heterocycles. The average molecular weight is 563 g/mol. The SMILES string of the molecule is CC[C@@](C=O)(NC(=O)OC(C)(C)C)N1CCC2(CC1)CC(CCN1CCN(c3cccc(Cl)c3)CC1)OC2=O. The first-order valence-corrected chi connectivity index (χ1v) is 14.5. The van der Waals surface area contributed by atoms with E-state index in [0.29, 0.717) is 38.8 Å². The van der Waals surface area contributed by atoms with Crippen molar-refractivity contribution in [3.05, 3.63) is 29.3 Å². The number of nitrogens with zero attached hydrogens (tertiary/aromatic N) is 3. The summed E-state index contributed by atoms with van der Waals surface area (Å²) in [7, 11) is 0. The summed E-state index contributed by atoms with van der Waals surface area (Å²) < 4.78 is 11.3. The highest BCUT2D eigenvalue weighted by Gasteiger charge is 2.52. The molecule has 1 aromatic carbocycles. The van der Waals surface area contributed by atoms with Gasteiger partial charge >= 0.3 is 12.1 Å². The second kappa shape index (κ2) is 12.0. The van der Waals surface area contributed by atoms with Gasteiger partial charge in [0.05, 0.1) is 5.41 Å². The van der Waals surface area contributed by atoms with Crippen LogP contribution in [0.5, 0.6) is 0 Å². The fourth-order valence-electron chi connectivity index (χ4n) is 6.03. The molecule has 9 nitrogen and oxygen atoms in total. The van der Waals surface area contributed by atoms with Gasteiger partial charge in [-0.15, -0.1) is 0 Å². The summed E-state index contributed by atoms with van der Waals surface area (Å²) in [5.41, 5.74) is -1.17. The van der Waals surface area contributed by atoms with E-state index in [9.17, 15) is 14.4 Å². The molecule has 1 aromatic rings. The van der Waals surface area contributed by atoms with Crippen molar-refractivity contribution in [2.24, 2.45) is 5.41 Å². The maximum absolute atomic E-state index is 13.0. The molecule has 0 radical (unpaired) electrons. The number of piperazine rings is 1. The first-order valence-electron chi connectivity index (χ1n) is 14.1. The van der Waals surface area contributed by atoms with Crippen molar-refractivity contribution in [1.29, 1.82) is 0 Å². The van der Waals surface area contributed by atoms with Crippen molar-refractivity contribution in [1.82, 2.24) is 15.1 Å². The smallest absolute Gasteiger partial charge is 0.409 e. The van der Waals surface area contributed by atoms with Crippen LogP contribution < -0.4 is 10.2 Å². The van der Waals surface area contributed by atoms with E-state index in [-0.39, 0.29) is 12.1 Å². The number of benzene rings is 1. The van der Waals surface area contributed by atoms with Gasteiger partial charge in [-0.2, -0.15) is 0 Å². The normalized spacial score (nSPS) is 23.8. The Labute approximate surface area is 237 Å². The minimum absolute atomic E-state index is 0.0862. The number of esters is 1. The first-order chi connectivity index (χ1) is 18.5. The average Bonchev–Trinajstić information content (AvgIpc) is 3.20. The van der Waals surface area contributed by atoms with Crippen molar-refractivity contribution in [2.45, 2.75) is 77.2 Å². The number of cyclic esters (lactones) is 1. The van der Waals surface area contributed by atoms with Gasteiger partial charge < -0.3 is 14.4 Å². The molecule has 3 saturated heterocycles. The van der Waals surface area contributed by atoms with E-state index in [1.807, 2.05) is 30.0 Å². The van der Waals surface area contributed by atoms with E-state index >= 15 is 0 Å². The minimum atomic E-state index is -1.15. The molecular weight excluding hydrogens is 520 g/mol. The molecule has 39 heavy (non-hydrogen) atoms. The molecule has 0 bridgehead atoms. The Bertz CT molecular complexity index is 1030. The topological polar surface area (TPSA) is 91.4 Å². The number of anilines is 1. The van der Waals surface area contributed by atoms with Crippen molar-refractivity contribution >= 4 is 35.6 Å². The highest BCUT2D eigenvalue weighted by molar-refractivity contribution is 6.30. The lowest BCUT2D eigenvalue weighted by Crippen LogP contribution is -2.64. The fourth-order valence-corrected chi connectivity index (χ4v) is 6.21. The van der Waals surface area contributed by atoms with E-state index < -0.39 is 22.8 Å². The van der Waals surface area contributed by atoms with Crippen LogP contribution in [0.25, 0.3) is 0 Å². The first kappa shape index (κ1) is 29.6. The zero-order valence-electron chi connectivity index (χ0n) is 23.7. The van der Waals surface area contributed by atoms with Gasteiger partial charge in [-0.25, -0.2) is 4.79 Å². The molecule has 1 unspecified atom stereocenters. The second-order valence-electron chi connectivity index (χ2n) is 12.1. The van der Waals surface area contributed by atoms with Crippen LogP contribution in [-0.4, -0.2) is 91.3 Å². The van der Waals surface area contributed by atoms with Gasteiger partial charge in [-0.05, 0) is 64.7 Å². The summed E-state index contributed by atoms with van der Waals surface area (Å²) in [6.45, 7) is 13.0. The number of rotatable bonds is 8. The number of nitrogens with one attached hydrogen (secondary N) is 1. The number of carbonyl (C=O) groups excluding carboxylic acids is 3. The van der Waals surface area contributed by atoms with Gasteiger partial charge in [0.2, 0.25) is 0 Å². The Kier molecular flexibility index (Phi) is 9.13. The number of amides is 1. The lowest BCUT2D eigenvalue weighted by atomic mass is 9.75. The van der Waals surface area contributed by atoms with Crippen LogP contribution >= 0.6 is 11.6 Å². The number of aldehydes is 1. The van der Waals surface area contributed by atoms with Crippen molar-refractivity contribution in [3.63, 3.8) is 0 Å². The molecule has 4 rings (SSSR count). The quantitative estimate of drug-likeness (QED) is 0.374. The molecule has 3 aliphatic heterocycles. The molecule has 0 saturated carbocycles. The lowest BCUT2D eigenvalue weighted by Gasteiger charge is -2.45. The van der Waals surface area contributed by atoms with Crippen LogP contribution in [-0.2, 0) is 19.1 Å². The molecule has 3 fully saturated rings. The van der Waals surface area contributed by atoms with E-state index in [1.165, 1.54) is 0 Å². The number of likely N-dealkylation sites (tertiary alicyclic amines) is 1. The monoisotopic (exact) mass is 562 g/mol. The van der Waals surface area contributed by atoms with Crippen LogP contribution in [0.4, 0.5) is 10.5 Å². The van der Waals surface area contributed by atoms with Crippen LogP contribution in [0, 0.1) is 5.41 Å². The van der Waals surface area contributed by atoms with Crippen molar-refractivity contribution in [3.8, 4) is 0 Å². The van der Waals surface area contributed by atoms with Crippen LogP contribution in [0.2, 0.25) is 5.02 Å². The number of halogens is 1.